The molecule has 0 saturated heterocycles. The smallest absolute Gasteiger partial charge is 0.167 e. The first-order valence-electron chi connectivity index (χ1n) is 5.08. The number of carbonyl (C=O) groups excluding carboxylic acids is 1. The van der Waals surface area contributed by atoms with Gasteiger partial charge in [-0.3, -0.25) is 4.79 Å². The highest BCUT2D eigenvalue weighted by molar-refractivity contribution is 6.05. The van der Waals surface area contributed by atoms with Crippen LogP contribution >= 0.6 is 0 Å². The van der Waals surface area contributed by atoms with E-state index in [1.807, 2.05) is 30.4 Å². The highest BCUT2D eigenvalue weighted by Crippen LogP contribution is 2.36. The molecule has 3 rings (SSSR count). The minimum absolute atomic E-state index is 0.218. The first kappa shape index (κ1) is 8.42. The quantitative estimate of drug-likeness (QED) is 0.579. The van der Waals surface area contributed by atoms with E-state index >= 15 is 0 Å². The maximum absolute atomic E-state index is 11.8. The minimum Gasteiger partial charge on any atom is -0.294 e. The summed E-state index contributed by atoms with van der Waals surface area (Å²) in [7, 11) is 0. The van der Waals surface area contributed by atoms with E-state index in [-0.39, 0.29) is 5.78 Å². The molecule has 0 unspecified atom stereocenters. The van der Waals surface area contributed by atoms with E-state index in [4.69, 9.17) is 0 Å². The van der Waals surface area contributed by atoms with Gasteiger partial charge in [0.25, 0.3) is 0 Å². The molecule has 0 amide bonds. The maximum Gasteiger partial charge on any atom is 0.167 e. The van der Waals surface area contributed by atoms with Crippen molar-refractivity contribution in [3.05, 3.63) is 70.9 Å². The Balaban J connectivity index is 2.28. The first-order chi connectivity index (χ1) is 7.36. The number of carbonyl (C=O) groups is 1. The first-order valence-corrected chi connectivity index (χ1v) is 5.08. The van der Waals surface area contributed by atoms with Crippen molar-refractivity contribution in [2.75, 3.05) is 0 Å². The van der Waals surface area contributed by atoms with E-state index in [1.54, 1.807) is 0 Å². The van der Waals surface area contributed by atoms with E-state index in [1.165, 1.54) is 5.57 Å². The molecule has 15 heavy (non-hydrogen) atoms. The average Bonchev–Trinajstić information content (AvgIpc) is 2.59. The lowest BCUT2D eigenvalue weighted by Crippen LogP contribution is -2.10. The molecule has 0 bridgehead atoms. The largest absolute Gasteiger partial charge is 0.294 e. The van der Waals surface area contributed by atoms with E-state index < -0.39 is 0 Å². The molecule has 3 aliphatic rings. The molecule has 1 nitrogen and oxygen atoms in total. The summed E-state index contributed by atoms with van der Waals surface area (Å²) in [6, 6.07) is 0. The lowest BCUT2D eigenvalue weighted by molar-refractivity contribution is -0.114. The molecule has 0 N–H and O–H groups in total. The van der Waals surface area contributed by atoms with Gasteiger partial charge in [-0.2, -0.15) is 0 Å². The Hall–Kier alpha value is -1.89. The number of ketones is 1. The molecule has 1 heteroatoms. The fraction of sp³-hybridized carbons (Fsp3) is 0.0714. The average molecular weight is 194 g/mol. The highest BCUT2D eigenvalue weighted by atomic mass is 16.1. The van der Waals surface area contributed by atoms with Crippen molar-refractivity contribution in [1.82, 2.24) is 0 Å². The fourth-order valence-electron chi connectivity index (χ4n) is 2.14. The summed E-state index contributed by atoms with van der Waals surface area (Å²) >= 11 is 0. The zero-order chi connectivity index (χ0) is 10.3. The second-order valence-electron chi connectivity index (χ2n) is 3.77. The summed E-state index contributed by atoms with van der Waals surface area (Å²) in [5.41, 5.74) is 4.29. The Morgan fingerprint density at radius 3 is 2.87 bits per heavy atom. The second-order valence-corrected chi connectivity index (χ2v) is 3.77. The standard InChI is InChI=1S/C14H10O/c15-13-9-8-11-7-6-10-4-2-1-3-5-12(13)14(10)11/h1-8H,9H2/b2-1?,3-1-,4-2-,5-3?,10-4?,12-5-. The fourth-order valence-corrected chi connectivity index (χ4v) is 2.14. The van der Waals surface area contributed by atoms with E-state index in [0.29, 0.717) is 6.42 Å². The van der Waals surface area contributed by atoms with Crippen molar-refractivity contribution in [2.24, 2.45) is 0 Å². The van der Waals surface area contributed by atoms with Gasteiger partial charge in [0.05, 0.1) is 0 Å². The van der Waals surface area contributed by atoms with Crippen LogP contribution in [0.1, 0.15) is 6.42 Å². The number of allylic oxidation sites excluding steroid dienone is 12. The third kappa shape index (κ3) is 1.20. The Kier molecular flexibility index (Phi) is 1.72. The van der Waals surface area contributed by atoms with Gasteiger partial charge in [0.15, 0.2) is 5.78 Å². The molecule has 3 aliphatic carbocycles. The molecule has 72 valence electrons. The van der Waals surface area contributed by atoms with Crippen LogP contribution in [0.4, 0.5) is 0 Å². The van der Waals surface area contributed by atoms with Crippen molar-refractivity contribution in [2.45, 2.75) is 6.42 Å². The summed E-state index contributed by atoms with van der Waals surface area (Å²) in [5, 5.41) is 0. The molecular weight excluding hydrogens is 184 g/mol. The number of rotatable bonds is 0. The van der Waals surface area contributed by atoms with Gasteiger partial charge in [-0.05, 0) is 16.7 Å². The van der Waals surface area contributed by atoms with Gasteiger partial charge in [0, 0.05) is 12.0 Å². The number of hydrogen-bond donors (Lipinski definition) is 0. The van der Waals surface area contributed by atoms with Crippen LogP contribution in [0.5, 0.6) is 0 Å². The lowest BCUT2D eigenvalue weighted by Gasteiger charge is -2.16. The Labute approximate surface area is 88.5 Å². The van der Waals surface area contributed by atoms with Crippen molar-refractivity contribution < 1.29 is 4.79 Å². The van der Waals surface area contributed by atoms with Crippen LogP contribution in [-0.4, -0.2) is 5.78 Å². The van der Waals surface area contributed by atoms with E-state index in [2.05, 4.69) is 18.2 Å². The van der Waals surface area contributed by atoms with Crippen LogP contribution in [0.2, 0.25) is 0 Å². The van der Waals surface area contributed by atoms with Crippen LogP contribution in [0.25, 0.3) is 0 Å². The minimum atomic E-state index is 0.218. The van der Waals surface area contributed by atoms with Crippen LogP contribution < -0.4 is 0 Å². The highest BCUT2D eigenvalue weighted by Gasteiger charge is 2.25. The zero-order valence-electron chi connectivity index (χ0n) is 8.23. The maximum atomic E-state index is 11.8. The van der Waals surface area contributed by atoms with Gasteiger partial charge in [0.2, 0.25) is 0 Å². The predicted octanol–water partition coefficient (Wildman–Crippen LogP) is 2.80. The molecule has 0 saturated carbocycles. The molecule has 0 aromatic heterocycles. The predicted molar refractivity (Wildman–Crippen MR) is 60.2 cm³/mol. The van der Waals surface area contributed by atoms with Gasteiger partial charge >= 0.3 is 0 Å². The van der Waals surface area contributed by atoms with E-state index in [9.17, 15) is 4.79 Å². The summed E-state index contributed by atoms with van der Waals surface area (Å²) in [6.45, 7) is 0. The zero-order valence-corrected chi connectivity index (χ0v) is 8.23. The van der Waals surface area contributed by atoms with Crippen molar-refractivity contribution in [1.29, 1.82) is 0 Å². The summed E-state index contributed by atoms with van der Waals surface area (Å²) in [6.07, 6.45) is 16.5. The third-order valence-corrected chi connectivity index (χ3v) is 2.86. The molecule has 0 radical (unpaired) electrons. The third-order valence-electron chi connectivity index (χ3n) is 2.86. The molecule has 0 spiro atoms. The summed E-state index contributed by atoms with van der Waals surface area (Å²) in [5.74, 6) is 0.218. The molecule has 0 atom stereocenters. The van der Waals surface area contributed by atoms with Crippen LogP contribution in [0, 0.1) is 0 Å². The van der Waals surface area contributed by atoms with Crippen molar-refractivity contribution in [3.8, 4) is 0 Å². The molecule has 0 aromatic rings. The Morgan fingerprint density at radius 2 is 1.93 bits per heavy atom. The normalized spacial score (nSPS) is 30.0. The van der Waals surface area contributed by atoms with Gasteiger partial charge in [-0.25, -0.2) is 0 Å². The van der Waals surface area contributed by atoms with E-state index in [0.717, 1.165) is 16.7 Å². The number of Topliss-reactive ketones (excluding diaryl/α,β-unsaturated/α-hetero) is 1. The van der Waals surface area contributed by atoms with Gasteiger partial charge in [-0.1, -0.05) is 48.6 Å². The van der Waals surface area contributed by atoms with Crippen LogP contribution in [0.15, 0.2) is 70.9 Å². The number of hydrogen-bond acceptors (Lipinski definition) is 1. The second kappa shape index (κ2) is 3.06. The van der Waals surface area contributed by atoms with Gasteiger partial charge < -0.3 is 0 Å². The Morgan fingerprint density at radius 1 is 1.00 bits per heavy atom. The van der Waals surface area contributed by atoms with Crippen LogP contribution in [-0.2, 0) is 4.79 Å². The molecule has 0 heterocycles. The Bertz CT molecular complexity index is 520. The summed E-state index contributed by atoms with van der Waals surface area (Å²) in [4.78, 5) is 11.8. The SMILES string of the molecule is O=C1CC=C2C=CC3=C2C\1=C/C=C\C=C/3. The molecule has 0 fully saturated rings. The molecule has 0 aromatic carbocycles. The molecular formula is C14H10O. The monoisotopic (exact) mass is 194 g/mol. The lowest BCUT2D eigenvalue weighted by atomic mass is 9.87. The van der Waals surface area contributed by atoms with Crippen LogP contribution in [0.3, 0.4) is 0 Å². The topological polar surface area (TPSA) is 17.1 Å². The summed E-state index contributed by atoms with van der Waals surface area (Å²) < 4.78 is 0. The van der Waals surface area contributed by atoms with Crippen molar-refractivity contribution in [3.63, 3.8) is 0 Å². The van der Waals surface area contributed by atoms with Gasteiger partial charge in [-0.15, -0.1) is 0 Å². The van der Waals surface area contributed by atoms with Crippen molar-refractivity contribution >= 4 is 5.78 Å². The van der Waals surface area contributed by atoms with Gasteiger partial charge in [0.1, 0.15) is 0 Å². The molecule has 0 aliphatic heterocycles.